The standard InChI is InChI=1S/C12H14BrClN2O/c1-15-4-6-16(7-5-15)12(17)9-2-3-10(13)11(14)8-9/h2-3,8H,4-7H2,1H3. The molecule has 1 aromatic carbocycles. The molecule has 1 amide bonds. The first-order valence-electron chi connectivity index (χ1n) is 5.51. The average Bonchev–Trinajstić information content (AvgIpc) is 2.33. The van der Waals surface area contributed by atoms with Crippen LogP contribution in [0.2, 0.25) is 5.02 Å². The van der Waals surface area contributed by atoms with E-state index in [1.165, 1.54) is 0 Å². The summed E-state index contributed by atoms with van der Waals surface area (Å²) in [6.45, 7) is 3.41. The number of piperazine rings is 1. The fraction of sp³-hybridized carbons (Fsp3) is 0.417. The fourth-order valence-electron chi connectivity index (χ4n) is 1.82. The highest BCUT2D eigenvalue weighted by Crippen LogP contribution is 2.24. The van der Waals surface area contributed by atoms with Gasteiger partial charge in [0.05, 0.1) is 5.02 Å². The summed E-state index contributed by atoms with van der Waals surface area (Å²) in [5.41, 5.74) is 0.655. The van der Waals surface area contributed by atoms with Gasteiger partial charge in [-0.15, -0.1) is 0 Å². The van der Waals surface area contributed by atoms with Crippen LogP contribution in [-0.4, -0.2) is 48.9 Å². The summed E-state index contributed by atoms with van der Waals surface area (Å²) in [5.74, 6) is 0.0625. The maximum Gasteiger partial charge on any atom is 0.253 e. The molecular formula is C12H14BrClN2O. The summed E-state index contributed by atoms with van der Waals surface area (Å²) in [5, 5.41) is 0.574. The van der Waals surface area contributed by atoms with Gasteiger partial charge in [-0.25, -0.2) is 0 Å². The Balaban J connectivity index is 2.11. The van der Waals surface area contributed by atoms with Crippen molar-refractivity contribution in [3.05, 3.63) is 33.3 Å². The van der Waals surface area contributed by atoms with Gasteiger partial charge in [0, 0.05) is 36.2 Å². The number of halogens is 2. The molecule has 92 valence electrons. The van der Waals surface area contributed by atoms with Crippen LogP contribution in [0.15, 0.2) is 22.7 Å². The van der Waals surface area contributed by atoms with E-state index in [4.69, 9.17) is 11.6 Å². The van der Waals surface area contributed by atoms with E-state index in [9.17, 15) is 4.79 Å². The summed E-state index contributed by atoms with van der Waals surface area (Å²) < 4.78 is 0.814. The molecule has 1 heterocycles. The number of carbonyl (C=O) groups excluding carboxylic acids is 1. The molecule has 0 N–H and O–H groups in total. The SMILES string of the molecule is CN1CCN(C(=O)c2ccc(Br)c(Cl)c2)CC1. The van der Waals surface area contributed by atoms with E-state index in [-0.39, 0.29) is 5.91 Å². The number of benzene rings is 1. The minimum atomic E-state index is 0.0625. The molecule has 0 unspecified atom stereocenters. The van der Waals surface area contributed by atoms with E-state index in [1.54, 1.807) is 12.1 Å². The molecule has 17 heavy (non-hydrogen) atoms. The van der Waals surface area contributed by atoms with Gasteiger partial charge < -0.3 is 9.80 Å². The van der Waals surface area contributed by atoms with Crippen molar-refractivity contribution in [2.75, 3.05) is 33.2 Å². The highest BCUT2D eigenvalue weighted by Gasteiger charge is 2.20. The molecule has 0 spiro atoms. The number of rotatable bonds is 1. The molecule has 0 radical (unpaired) electrons. The Morgan fingerprint density at radius 3 is 2.53 bits per heavy atom. The Morgan fingerprint density at radius 1 is 1.29 bits per heavy atom. The number of amides is 1. The molecule has 3 nitrogen and oxygen atoms in total. The Hall–Kier alpha value is -0.580. The zero-order valence-corrected chi connectivity index (χ0v) is 12.0. The molecule has 1 aliphatic heterocycles. The Kier molecular flexibility index (Phi) is 4.07. The lowest BCUT2D eigenvalue weighted by Gasteiger charge is -2.32. The molecule has 0 atom stereocenters. The van der Waals surface area contributed by atoms with Gasteiger partial charge in [0.25, 0.3) is 5.91 Å². The van der Waals surface area contributed by atoms with Crippen LogP contribution in [0.5, 0.6) is 0 Å². The molecule has 2 rings (SSSR count). The van der Waals surface area contributed by atoms with Gasteiger partial charge in [-0.3, -0.25) is 4.79 Å². The summed E-state index contributed by atoms with van der Waals surface area (Å²) in [6, 6.07) is 5.33. The highest BCUT2D eigenvalue weighted by molar-refractivity contribution is 9.10. The lowest BCUT2D eigenvalue weighted by molar-refractivity contribution is 0.0664. The smallest absolute Gasteiger partial charge is 0.253 e. The van der Waals surface area contributed by atoms with E-state index in [1.807, 2.05) is 11.0 Å². The predicted octanol–water partition coefficient (Wildman–Crippen LogP) is 2.49. The monoisotopic (exact) mass is 316 g/mol. The van der Waals surface area contributed by atoms with Gasteiger partial charge in [0.15, 0.2) is 0 Å². The lowest BCUT2D eigenvalue weighted by atomic mass is 10.2. The maximum atomic E-state index is 12.2. The van der Waals surface area contributed by atoms with Crippen molar-refractivity contribution < 1.29 is 4.79 Å². The van der Waals surface area contributed by atoms with Crippen LogP contribution in [0, 0.1) is 0 Å². The van der Waals surface area contributed by atoms with Crippen molar-refractivity contribution in [3.63, 3.8) is 0 Å². The van der Waals surface area contributed by atoms with Gasteiger partial charge in [-0.2, -0.15) is 0 Å². The third-order valence-corrected chi connectivity index (χ3v) is 4.19. The van der Waals surface area contributed by atoms with Crippen LogP contribution in [0.3, 0.4) is 0 Å². The molecule has 0 aliphatic carbocycles. The average molecular weight is 318 g/mol. The number of carbonyl (C=O) groups is 1. The quantitative estimate of drug-likeness (QED) is 0.794. The molecule has 1 fully saturated rings. The van der Waals surface area contributed by atoms with E-state index < -0.39 is 0 Å². The Labute approximate surface area is 114 Å². The third-order valence-electron chi connectivity index (χ3n) is 2.96. The van der Waals surface area contributed by atoms with E-state index in [0.29, 0.717) is 10.6 Å². The van der Waals surface area contributed by atoms with Crippen LogP contribution in [0.4, 0.5) is 0 Å². The zero-order chi connectivity index (χ0) is 12.4. The summed E-state index contributed by atoms with van der Waals surface area (Å²) in [4.78, 5) is 16.3. The van der Waals surface area contributed by atoms with Crippen LogP contribution in [0.25, 0.3) is 0 Å². The molecule has 1 aliphatic rings. The summed E-state index contributed by atoms with van der Waals surface area (Å²) >= 11 is 9.31. The van der Waals surface area contributed by atoms with Crippen molar-refractivity contribution in [2.45, 2.75) is 0 Å². The van der Waals surface area contributed by atoms with Gasteiger partial charge in [-0.1, -0.05) is 11.6 Å². The van der Waals surface area contributed by atoms with Crippen LogP contribution in [-0.2, 0) is 0 Å². The second kappa shape index (κ2) is 5.38. The third kappa shape index (κ3) is 3.00. The minimum absolute atomic E-state index is 0.0625. The molecule has 5 heteroatoms. The van der Waals surface area contributed by atoms with Gasteiger partial charge in [-0.05, 0) is 41.2 Å². The van der Waals surface area contributed by atoms with Crippen molar-refractivity contribution in [2.24, 2.45) is 0 Å². The fourth-order valence-corrected chi connectivity index (χ4v) is 2.25. The van der Waals surface area contributed by atoms with Crippen LogP contribution in [0.1, 0.15) is 10.4 Å². The second-order valence-corrected chi connectivity index (χ2v) is 5.49. The van der Waals surface area contributed by atoms with Gasteiger partial charge >= 0.3 is 0 Å². The second-order valence-electron chi connectivity index (χ2n) is 4.22. The molecule has 1 saturated heterocycles. The Morgan fingerprint density at radius 2 is 1.94 bits per heavy atom. The Bertz CT molecular complexity index is 431. The van der Waals surface area contributed by atoms with Gasteiger partial charge in [0.2, 0.25) is 0 Å². The largest absolute Gasteiger partial charge is 0.336 e. The summed E-state index contributed by atoms with van der Waals surface area (Å²) in [6.07, 6.45) is 0. The molecule has 0 bridgehead atoms. The van der Waals surface area contributed by atoms with Crippen molar-refractivity contribution >= 4 is 33.4 Å². The van der Waals surface area contributed by atoms with Crippen LogP contribution < -0.4 is 0 Å². The lowest BCUT2D eigenvalue weighted by Crippen LogP contribution is -2.47. The van der Waals surface area contributed by atoms with Crippen LogP contribution >= 0.6 is 27.5 Å². The first-order chi connectivity index (χ1) is 8.08. The normalized spacial score (nSPS) is 17.2. The predicted molar refractivity (Wildman–Crippen MR) is 72.6 cm³/mol. The van der Waals surface area contributed by atoms with Crippen molar-refractivity contribution in [1.82, 2.24) is 9.80 Å². The van der Waals surface area contributed by atoms with E-state index in [2.05, 4.69) is 27.9 Å². The summed E-state index contributed by atoms with van der Waals surface area (Å²) in [7, 11) is 2.07. The maximum absolute atomic E-state index is 12.2. The number of likely N-dealkylation sites (N-methyl/N-ethyl adjacent to an activating group) is 1. The molecule has 0 saturated carbocycles. The van der Waals surface area contributed by atoms with E-state index >= 15 is 0 Å². The number of nitrogens with zero attached hydrogens (tertiary/aromatic N) is 2. The first kappa shape index (κ1) is 12.9. The highest BCUT2D eigenvalue weighted by atomic mass is 79.9. The van der Waals surface area contributed by atoms with E-state index in [0.717, 1.165) is 30.7 Å². The number of hydrogen-bond acceptors (Lipinski definition) is 2. The number of hydrogen-bond donors (Lipinski definition) is 0. The zero-order valence-electron chi connectivity index (χ0n) is 9.62. The molecular weight excluding hydrogens is 304 g/mol. The van der Waals surface area contributed by atoms with Gasteiger partial charge in [0.1, 0.15) is 0 Å². The first-order valence-corrected chi connectivity index (χ1v) is 6.68. The topological polar surface area (TPSA) is 23.6 Å². The van der Waals surface area contributed by atoms with Crippen molar-refractivity contribution in [1.29, 1.82) is 0 Å². The molecule has 0 aromatic heterocycles. The van der Waals surface area contributed by atoms with Crippen molar-refractivity contribution in [3.8, 4) is 0 Å². The molecule has 1 aromatic rings. The minimum Gasteiger partial charge on any atom is -0.336 e.